The zero-order valence-electron chi connectivity index (χ0n) is 17.4. The molecule has 0 saturated carbocycles. The van der Waals surface area contributed by atoms with Gasteiger partial charge >= 0.3 is 5.69 Å². The van der Waals surface area contributed by atoms with E-state index in [1.807, 2.05) is 36.4 Å². The number of hydrogen-bond donors (Lipinski definition) is 0. The summed E-state index contributed by atoms with van der Waals surface area (Å²) in [6, 6.07) is 16.6. The van der Waals surface area contributed by atoms with E-state index in [1.165, 1.54) is 10.1 Å². The molecule has 0 radical (unpaired) electrons. The van der Waals surface area contributed by atoms with Crippen molar-refractivity contribution in [3.05, 3.63) is 96.2 Å². The molecule has 1 aliphatic rings. The molecule has 0 aliphatic carbocycles. The van der Waals surface area contributed by atoms with Gasteiger partial charge in [-0.3, -0.25) is 14.3 Å². The molecule has 1 aromatic heterocycles. The third-order valence-electron chi connectivity index (χ3n) is 6.04. The predicted molar refractivity (Wildman–Crippen MR) is 128 cm³/mol. The van der Waals surface area contributed by atoms with Gasteiger partial charge < -0.3 is 0 Å². The summed E-state index contributed by atoms with van der Waals surface area (Å²) >= 11 is 9.78. The van der Waals surface area contributed by atoms with Gasteiger partial charge in [0.1, 0.15) is 0 Å². The number of hydrogen-bond acceptors (Lipinski definition) is 3. The Morgan fingerprint density at radius 2 is 1.74 bits per heavy atom. The maximum atomic E-state index is 12.9. The van der Waals surface area contributed by atoms with Crippen molar-refractivity contribution in [3.8, 4) is 5.69 Å². The van der Waals surface area contributed by atoms with Gasteiger partial charge in [0, 0.05) is 34.8 Å². The van der Waals surface area contributed by atoms with Crippen LogP contribution in [0.3, 0.4) is 0 Å². The van der Waals surface area contributed by atoms with E-state index in [2.05, 4.69) is 20.8 Å². The average Bonchev–Trinajstić information content (AvgIpc) is 2.76. The first-order valence-electron chi connectivity index (χ1n) is 10.5. The van der Waals surface area contributed by atoms with Gasteiger partial charge in [0.25, 0.3) is 5.56 Å². The van der Waals surface area contributed by atoms with Crippen LogP contribution in [-0.2, 0) is 20.0 Å². The third-order valence-corrected chi connectivity index (χ3v) is 7.05. The van der Waals surface area contributed by atoms with E-state index in [9.17, 15) is 9.59 Å². The molecule has 0 bridgehead atoms. The second-order valence-electron chi connectivity index (χ2n) is 8.15. The van der Waals surface area contributed by atoms with Crippen LogP contribution >= 0.6 is 27.5 Å². The first kappa shape index (κ1) is 22.1. The lowest BCUT2D eigenvalue weighted by atomic mass is 9.90. The maximum Gasteiger partial charge on any atom is 0.335 e. The molecule has 1 aliphatic heterocycles. The Morgan fingerprint density at radius 3 is 2.45 bits per heavy atom. The summed E-state index contributed by atoms with van der Waals surface area (Å²) in [4.78, 5) is 27.9. The number of benzene rings is 2. The Kier molecular flexibility index (Phi) is 6.80. The zero-order valence-corrected chi connectivity index (χ0v) is 19.8. The zero-order chi connectivity index (χ0) is 22.0. The Morgan fingerprint density at radius 1 is 1.03 bits per heavy atom. The summed E-state index contributed by atoms with van der Waals surface area (Å²) in [7, 11) is 1.74. The van der Waals surface area contributed by atoms with Crippen molar-refractivity contribution < 1.29 is 0 Å². The van der Waals surface area contributed by atoms with Crippen LogP contribution in [0.5, 0.6) is 0 Å². The summed E-state index contributed by atoms with van der Waals surface area (Å²) in [5.41, 5.74) is 1.99. The fourth-order valence-electron chi connectivity index (χ4n) is 4.23. The lowest BCUT2D eigenvalue weighted by Gasteiger charge is -2.32. The van der Waals surface area contributed by atoms with Crippen molar-refractivity contribution >= 4 is 27.5 Å². The van der Waals surface area contributed by atoms with Gasteiger partial charge in [0.15, 0.2) is 0 Å². The van der Waals surface area contributed by atoms with E-state index in [0.29, 0.717) is 18.2 Å². The van der Waals surface area contributed by atoms with E-state index >= 15 is 0 Å². The minimum Gasteiger partial charge on any atom is -0.299 e. The smallest absolute Gasteiger partial charge is 0.299 e. The minimum absolute atomic E-state index is 0.287. The van der Waals surface area contributed by atoms with Gasteiger partial charge in [0.05, 0.1) is 5.69 Å². The molecule has 5 nitrogen and oxygen atoms in total. The molecule has 162 valence electrons. The fraction of sp³-hybridized carbons (Fsp3) is 0.333. The molecule has 2 aromatic carbocycles. The summed E-state index contributed by atoms with van der Waals surface area (Å²) in [6.45, 7) is 2.49. The van der Waals surface area contributed by atoms with Gasteiger partial charge in [-0.15, -0.1) is 0 Å². The van der Waals surface area contributed by atoms with Crippen LogP contribution in [-0.4, -0.2) is 27.1 Å². The van der Waals surface area contributed by atoms with Crippen LogP contribution in [0, 0.1) is 5.92 Å². The normalized spacial score (nSPS) is 15.3. The van der Waals surface area contributed by atoms with Crippen molar-refractivity contribution in [1.82, 2.24) is 14.0 Å². The van der Waals surface area contributed by atoms with E-state index in [-0.39, 0.29) is 11.2 Å². The molecule has 0 atom stereocenters. The van der Waals surface area contributed by atoms with E-state index in [0.717, 1.165) is 47.5 Å². The standard InChI is InChI=1S/C24H25BrClN3O2/c1-27-21(15-23(30)29(24(27)31)20-5-3-2-4-6-20)16-28-11-9-17(10-12-28)13-18-14-19(26)7-8-22(18)25/h2-8,14-15,17H,9-13,16H2,1H3. The Hall–Kier alpha value is -2.15. The van der Waals surface area contributed by atoms with Crippen molar-refractivity contribution in [3.63, 3.8) is 0 Å². The number of rotatable bonds is 5. The molecule has 7 heteroatoms. The predicted octanol–water partition coefficient (Wildman–Crippen LogP) is 4.41. The van der Waals surface area contributed by atoms with Gasteiger partial charge in [0.2, 0.25) is 0 Å². The molecule has 31 heavy (non-hydrogen) atoms. The molecule has 0 spiro atoms. The highest BCUT2D eigenvalue weighted by Gasteiger charge is 2.22. The summed E-state index contributed by atoms with van der Waals surface area (Å²) in [6.07, 6.45) is 3.16. The fourth-order valence-corrected chi connectivity index (χ4v) is 4.83. The second kappa shape index (κ2) is 9.55. The first-order chi connectivity index (χ1) is 14.9. The molecule has 2 heterocycles. The maximum absolute atomic E-state index is 12.9. The summed E-state index contributed by atoms with van der Waals surface area (Å²) in [5, 5.41) is 0.766. The SMILES string of the molecule is Cn1c(CN2CCC(Cc3cc(Cl)ccc3Br)CC2)cc(=O)n(-c2ccccc2)c1=O. The highest BCUT2D eigenvalue weighted by atomic mass is 79.9. The number of nitrogens with zero attached hydrogens (tertiary/aromatic N) is 3. The van der Waals surface area contributed by atoms with E-state index in [4.69, 9.17) is 11.6 Å². The molecule has 0 unspecified atom stereocenters. The molecule has 0 N–H and O–H groups in total. The van der Waals surface area contributed by atoms with Crippen molar-refractivity contribution in [2.24, 2.45) is 13.0 Å². The van der Waals surface area contributed by atoms with Crippen LogP contribution in [0.15, 0.2) is 68.7 Å². The summed E-state index contributed by atoms with van der Waals surface area (Å²) in [5.74, 6) is 0.598. The first-order valence-corrected chi connectivity index (χ1v) is 11.6. The number of halogens is 2. The third kappa shape index (κ3) is 5.03. The van der Waals surface area contributed by atoms with Gasteiger partial charge in [-0.2, -0.15) is 0 Å². The van der Waals surface area contributed by atoms with E-state index in [1.54, 1.807) is 29.8 Å². The van der Waals surface area contributed by atoms with Gasteiger partial charge in [-0.1, -0.05) is 45.7 Å². The van der Waals surface area contributed by atoms with Crippen molar-refractivity contribution in [2.45, 2.75) is 25.8 Å². The number of piperidine rings is 1. The highest BCUT2D eigenvalue weighted by molar-refractivity contribution is 9.10. The number of likely N-dealkylation sites (tertiary alicyclic amines) is 1. The van der Waals surface area contributed by atoms with Crippen molar-refractivity contribution in [1.29, 1.82) is 0 Å². The lowest BCUT2D eigenvalue weighted by molar-refractivity contribution is 0.173. The molecule has 1 saturated heterocycles. The Bertz CT molecular complexity index is 1180. The molecule has 1 fully saturated rings. The number of aromatic nitrogens is 2. The lowest BCUT2D eigenvalue weighted by Crippen LogP contribution is -2.41. The van der Waals surface area contributed by atoms with Crippen LogP contribution in [0.4, 0.5) is 0 Å². The van der Waals surface area contributed by atoms with Crippen LogP contribution in [0.25, 0.3) is 5.69 Å². The summed E-state index contributed by atoms with van der Waals surface area (Å²) < 4.78 is 3.91. The average molecular weight is 503 g/mol. The highest BCUT2D eigenvalue weighted by Crippen LogP contribution is 2.28. The van der Waals surface area contributed by atoms with Crippen LogP contribution in [0.1, 0.15) is 24.1 Å². The minimum atomic E-state index is -0.311. The molecule has 0 amide bonds. The Labute approximate surface area is 195 Å². The monoisotopic (exact) mass is 501 g/mol. The van der Waals surface area contributed by atoms with Gasteiger partial charge in [-0.05, 0) is 74.2 Å². The Balaban J connectivity index is 1.43. The van der Waals surface area contributed by atoms with Crippen LogP contribution in [0.2, 0.25) is 5.02 Å². The largest absolute Gasteiger partial charge is 0.335 e. The topological polar surface area (TPSA) is 47.2 Å². The molecule has 3 aromatic rings. The van der Waals surface area contributed by atoms with Crippen LogP contribution < -0.4 is 11.2 Å². The van der Waals surface area contributed by atoms with Crippen molar-refractivity contribution in [2.75, 3.05) is 13.1 Å². The van der Waals surface area contributed by atoms with Gasteiger partial charge in [-0.25, -0.2) is 9.36 Å². The number of para-hydroxylation sites is 1. The second-order valence-corrected chi connectivity index (χ2v) is 9.44. The molecule has 4 rings (SSSR count). The molecular formula is C24H25BrClN3O2. The quantitative estimate of drug-likeness (QED) is 0.519. The molecular weight excluding hydrogens is 478 g/mol. The van der Waals surface area contributed by atoms with E-state index < -0.39 is 0 Å².